The number of carbonyl (C=O) groups is 2. The molecule has 5 nitrogen and oxygen atoms in total. The third kappa shape index (κ3) is 1.86. The van der Waals surface area contributed by atoms with Crippen molar-refractivity contribution in [3.63, 3.8) is 0 Å². The molecular formula is C10H10FN3O2. The number of imide groups is 1. The molecule has 1 atom stereocenters. The van der Waals surface area contributed by atoms with Crippen molar-refractivity contribution in [2.24, 2.45) is 0 Å². The molecule has 2 amide bonds. The molecular weight excluding hydrogens is 213 g/mol. The molecule has 84 valence electrons. The first-order chi connectivity index (χ1) is 7.58. The molecule has 0 saturated carbocycles. The average Bonchev–Trinajstić information content (AvgIpc) is 2.47. The number of anilines is 1. The van der Waals surface area contributed by atoms with Gasteiger partial charge in [-0.2, -0.15) is 4.39 Å². The van der Waals surface area contributed by atoms with Gasteiger partial charge in [0.15, 0.2) is 0 Å². The van der Waals surface area contributed by atoms with Crippen molar-refractivity contribution in [3.05, 3.63) is 24.3 Å². The van der Waals surface area contributed by atoms with Crippen molar-refractivity contribution in [3.8, 4) is 0 Å². The second kappa shape index (κ2) is 3.88. The Morgan fingerprint density at radius 2 is 2.31 bits per heavy atom. The Hall–Kier alpha value is -1.98. The van der Waals surface area contributed by atoms with Crippen LogP contribution in [0.15, 0.2) is 18.3 Å². The fraction of sp³-hybridized carbons (Fsp3) is 0.300. The number of halogens is 1. The zero-order valence-electron chi connectivity index (χ0n) is 8.61. The number of rotatable bonds is 2. The van der Waals surface area contributed by atoms with Crippen molar-refractivity contribution >= 4 is 17.5 Å². The van der Waals surface area contributed by atoms with Crippen LogP contribution in [0.25, 0.3) is 0 Å². The van der Waals surface area contributed by atoms with Crippen molar-refractivity contribution in [2.75, 3.05) is 12.4 Å². The first kappa shape index (κ1) is 10.5. The minimum Gasteiger partial charge on any atom is -0.373 e. The van der Waals surface area contributed by atoms with Crippen LogP contribution in [0.5, 0.6) is 0 Å². The standard InChI is InChI=1S/C10H10FN3O2/c1-14-9(15)5-7(10(14)16)13-6-2-3-12-8(11)4-6/h2-4,7H,5H2,1H3,(H,12,13). The van der Waals surface area contributed by atoms with Gasteiger partial charge in [-0.15, -0.1) is 0 Å². The summed E-state index contributed by atoms with van der Waals surface area (Å²) in [5.74, 6) is -1.17. The van der Waals surface area contributed by atoms with Crippen molar-refractivity contribution < 1.29 is 14.0 Å². The minimum atomic E-state index is -0.630. The Morgan fingerprint density at radius 3 is 2.88 bits per heavy atom. The summed E-state index contributed by atoms with van der Waals surface area (Å²) in [5.41, 5.74) is 0.439. The molecule has 0 radical (unpaired) electrons. The molecule has 6 heteroatoms. The maximum absolute atomic E-state index is 12.8. The van der Waals surface area contributed by atoms with Crippen molar-refractivity contribution in [2.45, 2.75) is 12.5 Å². The number of amides is 2. The molecule has 1 saturated heterocycles. The number of aromatic nitrogens is 1. The molecule has 2 heterocycles. The van der Waals surface area contributed by atoms with E-state index in [1.165, 1.54) is 19.3 Å². The number of pyridine rings is 1. The second-order valence-corrected chi connectivity index (χ2v) is 3.56. The number of nitrogens with zero attached hydrogens (tertiary/aromatic N) is 2. The molecule has 1 aliphatic heterocycles. The Balaban J connectivity index is 2.12. The van der Waals surface area contributed by atoms with Crippen LogP contribution in [-0.4, -0.2) is 34.8 Å². The van der Waals surface area contributed by atoms with Crippen LogP contribution < -0.4 is 5.32 Å². The lowest BCUT2D eigenvalue weighted by atomic mass is 10.2. The number of hydrogen-bond acceptors (Lipinski definition) is 4. The fourth-order valence-electron chi connectivity index (χ4n) is 1.56. The topological polar surface area (TPSA) is 62.3 Å². The van der Waals surface area contributed by atoms with Crippen LogP contribution in [0.4, 0.5) is 10.1 Å². The summed E-state index contributed by atoms with van der Waals surface area (Å²) >= 11 is 0. The van der Waals surface area contributed by atoms with E-state index in [1.54, 1.807) is 6.07 Å². The van der Waals surface area contributed by atoms with E-state index in [-0.39, 0.29) is 18.2 Å². The molecule has 0 aromatic carbocycles. The Labute approximate surface area is 91.3 Å². The van der Waals surface area contributed by atoms with Crippen LogP contribution in [0.2, 0.25) is 0 Å². The summed E-state index contributed by atoms with van der Waals surface area (Å²) < 4.78 is 12.8. The van der Waals surface area contributed by atoms with Crippen LogP contribution in [0.1, 0.15) is 6.42 Å². The maximum atomic E-state index is 12.8. The highest BCUT2D eigenvalue weighted by Gasteiger charge is 2.35. The van der Waals surface area contributed by atoms with E-state index in [0.29, 0.717) is 5.69 Å². The third-order valence-corrected chi connectivity index (χ3v) is 2.45. The van der Waals surface area contributed by atoms with E-state index >= 15 is 0 Å². The Morgan fingerprint density at radius 1 is 1.56 bits per heavy atom. The van der Waals surface area contributed by atoms with Gasteiger partial charge < -0.3 is 5.32 Å². The van der Waals surface area contributed by atoms with E-state index in [1.807, 2.05) is 0 Å². The monoisotopic (exact) mass is 223 g/mol. The van der Waals surface area contributed by atoms with Crippen LogP contribution >= 0.6 is 0 Å². The molecule has 1 unspecified atom stereocenters. The maximum Gasteiger partial charge on any atom is 0.251 e. The summed E-state index contributed by atoms with van der Waals surface area (Å²) in [7, 11) is 1.43. The van der Waals surface area contributed by atoms with Gasteiger partial charge in [0.05, 0.1) is 6.42 Å². The van der Waals surface area contributed by atoms with Gasteiger partial charge in [0.2, 0.25) is 11.9 Å². The predicted molar refractivity (Wildman–Crippen MR) is 54.0 cm³/mol. The summed E-state index contributed by atoms with van der Waals surface area (Å²) in [6.07, 6.45) is 1.39. The quantitative estimate of drug-likeness (QED) is 0.582. The van der Waals surface area contributed by atoms with E-state index in [9.17, 15) is 14.0 Å². The van der Waals surface area contributed by atoms with Gasteiger partial charge in [-0.25, -0.2) is 4.98 Å². The van der Waals surface area contributed by atoms with Crippen LogP contribution in [0.3, 0.4) is 0 Å². The largest absolute Gasteiger partial charge is 0.373 e. The zero-order valence-corrected chi connectivity index (χ0v) is 8.61. The van der Waals surface area contributed by atoms with Gasteiger partial charge in [0.25, 0.3) is 5.91 Å². The molecule has 2 rings (SSSR count). The predicted octanol–water partition coefficient (Wildman–Crippen LogP) is 0.390. The number of carbonyl (C=O) groups excluding carboxylic acids is 2. The van der Waals surface area contributed by atoms with E-state index < -0.39 is 12.0 Å². The lowest BCUT2D eigenvalue weighted by Crippen LogP contribution is -2.31. The highest BCUT2D eigenvalue weighted by atomic mass is 19.1. The molecule has 0 bridgehead atoms. The summed E-state index contributed by atoms with van der Waals surface area (Å²) in [4.78, 5) is 27.2. The van der Waals surface area contributed by atoms with Gasteiger partial charge in [-0.3, -0.25) is 14.5 Å². The SMILES string of the molecule is CN1C(=O)CC(Nc2ccnc(F)c2)C1=O. The second-order valence-electron chi connectivity index (χ2n) is 3.56. The summed E-state index contributed by atoms with van der Waals surface area (Å²) in [6.45, 7) is 0. The zero-order chi connectivity index (χ0) is 11.7. The van der Waals surface area contributed by atoms with Crippen molar-refractivity contribution in [1.82, 2.24) is 9.88 Å². The van der Waals surface area contributed by atoms with Gasteiger partial charge in [0, 0.05) is 25.0 Å². The minimum absolute atomic E-state index is 0.0965. The van der Waals surface area contributed by atoms with Gasteiger partial charge in [-0.1, -0.05) is 0 Å². The van der Waals surface area contributed by atoms with E-state index in [0.717, 1.165) is 4.90 Å². The Kier molecular flexibility index (Phi) is 2.55. The number of likely N-dealkylation sites (tertiary alicyclic amines) is 1. The number of nitrogens with one attached hydrogen (secondary N) is 1. The molecule has 1 N–H and O–H groups in total. The van der Waals surface area contributed by atoms with Crippen LogP contribution in [0, 0.1) is 5.95 Å². The van der Waals surface area contributed by atoms with Gasteiger partial charge in [0.1, 0.15) is 6.04 Å². The van der Waals surface area contributed by atoms with E-state index in [2.05, 4.69) is 10.3 Å². The average molecular weight is 223 g/mol. The molecule has 0 aliphatic carbocycles. The van der Waals surface area contributed by atoms with Gasteiger partial charge in [-0.05, 0) is 6.07 Å². The molecule has 0 spiro atoms. The highest BCUT2D eigenvalue weighted by molar-refractivity contribution is 6.06. The molecule has 1 aromatic rings. The molecule has 1 fully saturated rings. The Bertz CT molecular complexity index is 449. The molecule has 16 heavy (non-hydrogen) atoms. The normalized spacial score (nSPS) is 20.4. The summed E-state index contributed by atoms with van der Waals surface area (Å²) in [5, 5.41) is 2.80. The first-order valence-corrected chi connectivity index (χ1v) is 4.76. The number of hydrogen-bond donors (Lipinski definition) is 1. The fourth-order valence-corrected chi connectivity index (χ4v) is 1.56. The lowest BCUT2D eigenvalue weighted by molar-refractivity contribution is -0.136. The van der Waals surface area contributed by atoms with Gasteiger partial charge >= 0.3 is 0 Å². The summed E-state index contributed by atoms with van der Waals surface area (Å²) in [6, 6.07) is 2.11. The smallest absolute Gasteiger partial charge is 0.251 e. The van der Waals surface area contributed by atoms with E-state index in [4.69, 9.17) is 0 Å². The van der Waals surface area contributed by atoms with Crippen LogP contribution in [-0.2, 0) is 9.59 Å². The third-order valence-electron chi connectivity index (χ3n) is 2.45. The van der Waals surface area contributed by atoms with Crippen molar-refractivity contribution in [1.29, 1.82) is 0 Å². The lowest BCUT2D eigenvalue weighted by Gasteiger charge is -2.11. The number of likely N-dealkylation sites (N-methyl/N-ethyl adjacent to an activating group) is 1. The first-order valence-electron chi connectivity index (χ1n) is 4.76. The molecule has 1 aromatic heterocycles. The highest BCUT2D eigenvalue weighted by Crippen LogP contribution is 2.16. The molecule has 1 aliphatic rings.